The smallest absolute Gasteiger partial charge is 0.305 e. The van der Waals surface area contributed by atoms with Gasteiger partial charge in [0.05, 0.1) is 21.6 Å². The van der Waals surface area contributed by atoms with Gasteiger partial charge in [0, 0.05) is 28.5 Å². The Labute approximate surface area is 182 Å². The Kier molecular flexibility index (Phi) is 4.45. The second-order valence-electron chi connectivity index (χ2n) is 7.10. The van der Waals surface area contributed by atoms with Crippen LogP contribution in [0.4, 0.5) is 11.4 Å². The molecule has 2 aromatic carbocycles. The molecule has 0 aliphatic carbocycles. The molecule has 0 unspecified atom stereocenters. The van der Waals surface area contributed by atoms with E-state index >= 15 is 0 Å². The number of amides is 2. The van der Waals surface area contributed by atoms with E-state index in [1.807, 2.05) is 0 Å². The topological polar surface area (TPSA) is 134 Å². The van der Waals surface area contributed by atoms with Crippen LogP contribution >= 0.6 is 23.1 Å². The van der Waals surface area contributed by atoms with Crippen molar-refractivity contribution in [2.75, 3.05) is 4.90 Å². The van der Waals surface area contributed by atoms with Gasteiger partial charge in [-0.3, -0.25) is 24.5 Å². The number of thioether (sulfide) groups is 1. The Balaban J connectivity index is 1.70. The number of thiazole rings is 1. The Morgan fingerprint density at radius 3 is 2.52 bits per heavy atom. The average molecular weight is 455 g/mol. The summed E-state index contributed by atoms with van der Waals surface area (Å²) >= 11 is 1.97. The molecular formula is C20H13N3O6S2. The molecule has 0 spiro atoms. The van der Waals surface area contributed by atoms with Crippen LogP contribution in [-0.4, -0.2) is 32.1 Å². The number of phenols is 1. The highest BCUT2D eigenvalue weighted by Gasteiger charge is 2.56. The maximum absolute atomic E-state index is 13.5. The van der Waals surface area contributed by atoms with Crippen LogP contribution in [-0.2, 0) is 9.59 Å². The van der Waals surface area contributed by atoms with Crippen LogP contribution in [0.5, 0.6) is 5.75 Å². The molecule has 1 aromatic heterocycles. The molecule has 156 valence electrons. The zero-order valence-corrected chi connectivity index (χ0v) is 17.2. The summed E-state index contributed by atoms with van der Waals surface area (Å²) in [5, 5.41) is 21.4. The summed E-state index contributed by atoms with van der Waals surface area (Å²) < 4.78 is 0. The van der Waals surface area contributed by atoms with E-state index in [1.54, 1.807) is 30.3 Å². The van der Waals surface area contributed by atoms with Gasteiger partial charge >= 0.3 is 4.87 Å². The molecule has 3 heterocycles. The third kappa shape index (κ3) is 2.96. The Hall–Kier alpha value is -3.44. The lowest BCUT2D eigenvalue weighted by Gasteiger charge is -2.30. The van der Waals surface area contributed by atoms with Crippen LogP contribution < -0.4 is 9.77 Å². The fourth-order valence-corrected chi connectivity index (χ4v) is 6.59. The lowest BCUT2D eigenvalue weighted by atomic mass is 9.82. The Morgan fingerprint density at radius 1 is 1.06 bits per heavy atom. The number of carbonyl (C=O) groups is 2. The predicted octanol–water partition coefficient (Wildman–Crippen LogP) is 2.85. The Bertz CT molecular complexity index is 1300. The third-order valence-corrected chi connectivity index (χ3v) is 7.80. The normalized spacial score (nSPS) is 22.3. The zero-order valence-electron chi connectivity index (χ0n) is 15.6. The minimum absolute atomic E-state index is 0.136. The van der Waals surface area contributed by atoms with Crippen molar-refractivity contribution in [1.29, 1.82) is 0 Å². The maximum Gasteiger partial charge on any atom is 0.305 e. The van der Waals surface area contributed by atoms with Gasteiger partial charge in [-0.1, -0.05) is 41.3 Å². The standard InChI is InChI=1S/C20H13N3O6S2/c24-12-7-6-10(23(28)29)8-11(12)13-14-16(30-17-15(13)31-20(27)21-17)19(26)22(18(14)25)9-4-2-1-3-5-9/h1-8,13-14,16,24H,(H,21,27)/t13-,14+,16+/m0/s1. The molecule has 31 heavy (non-hydrogen) atoms. The van der Waals surface area contributed by atoms with Crippen molar-refractivity contribution >= 4 is 46.3 Å². The summed E-state index contributed by atoms with van der Waals surface area (Å²) in [4.78, 5) is 53.4. The number of phenolic OH excluding ortho intramolecular Hbond substituents is 1. The molecule has 0 saturated carbocycles. The van der Waals surface area contributed by atoms with Crippen molar-refractivity contribution in [2.45, 2.75) is 16.2 Å². The van der Waals surface area contributed by atoms with Gasteiger partial charge in [-0.05, 0) is 18.2 Å². The van der Waals surface area contributed by atoms with E-state index in [0.717, 1.165) is 34.1 Å². The molecule has 0 radical (unpaired) electrons. The number of hydrogen-bond donors (Lipinski definition) is 2. The highest BCUT2D eigenvalue weighted by Crippen LogP contribution is 2.54. The number of para-hydroxylation sites is 1. The lowest BCUT2D eigenvalue weighted by molar-refractivity contribution is -0.385. The maximum atomic E-state index is 13.5. The quantitative estimate of drug-likeness (QED) is 0.352. The SMILES string of the molecule is O=C1[C@@H]2[C@H](c3cc([N+](=O)[O-])ccc3O)c3sc(=O)[nH]c3S[C@H]2C(=O)N1c1ccccc1. The minimum atomic E-state index is -0.926. The third-order valence-electron chi connectivity index (χ3n) is 5.40. The number of non-ortho nitro benzene ring substituents is 1. The average Bonchev–Trinajstić information content (AvgIpc) is 3.24. The van der Waals surface area contributed by atoms with Crippen LogP contribution in [0.25, 0.3) is 0 Å². The second-order valence-corrected chi connectivity index (χ2v) is 9.26. The summed E-state index contributed by atoms with van der Waals surface area (Å²) in [5.74, 6) is -2.96. The molecule has 5 rings (SSSR count). The van der Waals surface area contributed by atoms with Gasteiger partial charge in [-0.25, -0.2) is 4.90 Å². The number of nitrogens with one attached hydrogen (secondary N) is 1. The first-order chi connectivity index (χ1) is 14.9. The molecule has 2 aliphatic rings. The lowest BCUT2D eigenvalue weighted by Crippen LogP contribution is -2.32. The van der Waals surface area contributed by atoms with E-state index in [9.17, 15) is 29.6 Å². The largest absolute Gasteiger partial charge is 0.508 e. The van der Waals surface area contributed by atoms with Crippen LogP contribution in [0.1, 0.15) is 16.4 Å². The van der Waals surface area contributed by atoms with E-state index in [-0.39, 0.29) is 21.9 Å². The number of imide groups is 1. The first-order valence-electron chi connectivity index (χ1n) is 9.16. The summed E-state index contributed by atoms with van der Waals surface area (Å²) in [6.45, 7) is 0. The van der Waals surface area contributed by atoms with Crippen molar-refractivity contribution < 1.29 is 19.6 Å². The number of aromatic amines is 1. The number of hydrogen-bond acceptors (Lipinski definition) is 8. The first kappa shape index (κ1) is 19.5. The fraction of sp³-hybridized carbons (Fsp3) is 0.150. The number of aromatic nitrogens is 1. The van der Waals surface area contributed by atoms with E-state index in [1.165, 1.54) is 12.1 Å². The minimum Gasteiger partial charge on any atom is -0.508 e. The molecule has 2 N–H and O–H groups in total. The summed E-state index contributed by atoms with van der Waals surface area (Å²) in [7, 11) is 0. The molecule has 2 amide bonds. The number of rotatable bonds is 3. The molecule has 0 bridgehead atoms. The number of aromatic hydroxyl groups is 1. The van der Waals surface area contributed by atoms with Crippen LogP contribution in [0, 0.1) is 16.0 Å². The molecule has 3 aromatic rings. The van der Waals surface area contributed by atoms with Gasteiger partial charge in [0.15, 0.2) is 0 Å². The number of benzene rings is 2. The molecular weight excluding hydrogens is 442 g/mol. The van der Waals surface area contributed by atoms with Gasteiger partial charge in [-0.15, -0.1) is 0 Å². The highest BCUT2D eigenvalue weighted by atomic mass is 32.2. The number of carbonyl (C=O) groups excluding carboxylic acids is 2. The second kappa shape index (κ2) is 7.06. The van der Waals surface area contributed by atoms with E-state index in [4.69, 9.17) is 0 Å². The van der Waals surface area contributed by atoms with Crippen molar-refractivity contribution in [3.8, 4) is 5.75 Å². The van der Waals surface area contributed by atoms with Gasteiger partial charge in [0.2, 0.25) is 11.8 Å². The molecule has 1 fully saturated rings. The van der Waals surface area contributed by atoms with Crippen molar-refractivity contribution in [1.82, 2.24) is 4.98 Å². The van der Waals surface area contributed by atoms with E-state index in [2.05, 4.69) is 4.98 Å². The number of nitro benzene ring substituents is 1. The monoisotopic (exact) mass is 455 g/mol. The van der Waals surface area contributed by atoms with Gasteiger partial charge in [0.25, 0.3) is 5.69 Å². The molecule has 3 atom stereocenters. The van der Waals surface area contributed by atoms with Gasteiger partial charge in [-0.2, -0.15) is 0 Å². The molecule has 1 saturated heterocycles. The molecule has 11 heteroatoms. The van der Waals surface area contributed by atoms with Gasteiger partial charge in [0.1, 0.15) is 11.0 Å². The van der Waals surface area contributed by atoms with Crippen LogP contribution in [0.2, 0.25) is 0 Å². The van der Waals surface area contributed by atoms with Crippen molar-refractivity contribution in [3.05, 3.63) is 78.8 Å². The number of fused-ring (bicyclic) bond motifs is 2. The van der Waals surface area contributed by atoms with E-state index < -0.39 is 33.8 Å². The first-order valence-corrected chi connectivity index (χ1v) is 10.9. The predicted molar refractivity (Wildman–Crippen MR) is 114 cm³/mol. The fourth-order valence-electron chi connectivity index (χ4n) is 4.09. The summed E-state index contributed by atoms with van der Waals surface area (Å²) in [6.07, 6.45) is 0. The number of nitrogens with zero attached hydrogens (tertiary/aromatic N) is 2. The summed E-state index contributed by atoms with van der Waals surface area (Å²) in [6, 6.07) is 12.0. The number of anilines is 1. The molecule has 9 nitrogen and oxygen atoms in total. The van der Waals surface area contributed by atoms with E-state index in [0.29, 0.717) is 15.6 Å². The number of H-pyrrole nitrogens is 1. The van der Waals surface area contributed by atoms with Crippen LogP contribution in [0.15, 0.2) is 58.4 Å². The summed E-state index contributed by atoms with van der Waals surface area (Å²) in [5.41, 5.74) is 0.298. The van der Waals surface area contributed by atoms with Crippen LogP contribution in [0.3, 0.4) is 0 Å². The Morgan fingerprint density at radius 2 is 1.81 bits per heavy atom. The van der Waals surface area contributed by atoms with Crippen molar-refractivity contribution in [3.63, 3.8) is 0 Å². The zero-order chi connectivity index (χ0) is 21.9. The van der Waals surface area contributed by atoms with Crippen molar-refractivity contribution in [2.24, 2.45) is 5.92 Å². The highest BCUT2D eigenvalue weighted by molar-refractivity contribution is 8.00. The van der Waals surface area contributed by atoms with Gasteiger partial charge < -0.3 is 10.1 Å². The number of nitro groups is 1. The molecule has 2 aliphatic heterocycles.